The Bertz CT molecular complexity index is 891. The van der Waals surface area contributed by atoms with Crippen LogP contribution in [0.2, 0.25) is 0 Å². The number of benzene rings is 1. The lowest BCUT2D eigenvalue weighted by molar-refractivity contribution is -0.118. The number of nitrogens with zero attached hydrogens (tertiary/aromatic N) is 1. The van der Waals surface area contributed by atoms with Gasteiger partial charge < -0.3 is 19.5 Å². The van der Waals surface area contributed by atoms with Crippen molar-refractivity contribution in [3.8, 4) is 11.5 Å². The van der Waals surface area contributed by atoms with Gasteiger partial charge in [-0.05, 0) is 42.0 Å². The third kappa shape index (κ3) is 4.54. The molecule has 8 heteroatoms. The maximum Gasteiger partial charge on any atom is 0.350 e. The summed E-state index contributed by atoms with van der Waals surface area (Å²) in [6, 6.07) is 8.01. The van der Waals surface area contributed by atoms with E-state index in [1.165, 1.54) is 31.3 Å². The second-order valence-electron chi connectivity index (χ2n) is 7.23. The van der Waals surface area contributed by atoms with Crippen molar-refractivity contribution in [1.82, 2.24) is 4.90 Å². The van der Waals surface area contributed by atoms with Crippen molar-refractivity contribution >= 4 is 28.9 Å². The molecular formula is C21H24N2O5S. The molecule has 154 valence electrons. The Kier molecular flexibility index (Phi) is 6.01. The average Bonchev–Trinajstić information content (AvgIpc) is 3.47. The first kappa shape index (κ1) is 19.7. The minimum Gasteiger partial charge on any atom is -0.465 e. The van der Waals surface area contributed by atoms with E-state index in [9.17, 15) is 9.59 Å². The Morgan fingerprint density at radius 2 is 2.00 bits per heavy atom. The number of ether oxygens (including phenoxy) is 3. The van der Waals surface area contributed by atoms with Crippen molar-refractivity contribution in [2.24, 2.45) is 0 Å². The molecule has 0 saturated heterocycles. The molecule has 1 aromatic carbocycles. The van der Waals surface area contributed by atoms with Crippen LogP contribution in [-0.4, -0.2) is 43.3 Å². The summed E-state index contributed by atoms with van der Waals surface area (Å²) in [5.41, 5.74) is 1.58. The van der Waals surface area contributed by atoms with Gasteiger partial charge in [0.15, 0.2) is 11.5 Å². The molecule has 2 heterocycles. The zero-order valence-electron chi connectivity index (χ0n) is 16.3. The molecule has 1 aliphatic carbocycles. The number of anilines is 1. The summed E-state index contributed by atoms with van der Waals surface area (Å²) >= 11 is 1.25. The highest BCUT2D eigenvalue weighted by molar-refractivity contribution is 7.12. The number of esters is 1. The lowest BCUT2D eigenvalue weighted by atomic mass is 10.1. The molecule has 2 aromatic rings. The van der Waals surface area contributed by atoms with Crippen molar-refractivity contribution in [3.63, 3.8) is 0 Å². The lowest BCUT2D eigenvalue weighted by Gasteiger charge is -2.28. The average molecular weight is 416 g/mol. The molecule has 1 aliphatic heterocycles. The van der Waals surface area contributed by atoms with Gasteiger partial charge in [0.2, 0.25) is 12.7 Å². The van der Waals surface area contributed by atoms with Crippen molar-refractivity contribution in [1.29, 1.82) is 0 Å². The molecule has 2 aliphatic rings. The Morgan fingerprint density at radius 1 is 1.21 bits per heavy atom. The summed E-state index contributed by atoms with van der Waals surface area (Å²) in [5.74, 6) is 0.926. The second-order valence-corrected chi connectivity index (χ2v) is 8.15. The molecule has 4 rings (SSSR count). The number of carbonyl (C=O) groups is 2. The molecule has 0 bridgehead atoms. The van der Waals surface area contributed by atoms with Gasteiger partial charge in [-0.1, -0.05) is 18.9 Å². The van der Waals surface area contributed by atoms with Gasteiger partial charge >= 0.3 is 5.97 Å². The van der Waals surface area contributed by atoms with Crippen LogP contribution in [0.5, 0.6) is 11.5 Å². The Morgan fingerprint density at radius 3 is 2.79 bits per heavy atom. The molecule has 29 heavy (non-hydrogen) atoms. The molecule has 1 saturated carbocycles. The molecule has 1 fully saturated rings. The third-order valence-electron chi connectivity index (χ3n) is 5.32. The number of nitrogens with one attached hydrogen (secondary N) is 1. The number of hydrogen-bond donors (Lipinski definition) is 1. The standard InChI is InChI=1S/C21H24N2O5S/c1-26-21(25)20-16(8-9-29-20)22-19(24)12-23(15-4-2-3-5-15)11-14-6-7-17-18(10-14)28-13-27-17/h6-10,15H,2-5,11-13H2,1H3,(H,22,24). The Hall–Kier alpha value is -2.58. The van der Waals surface area contributed by atoms with Gasteiger partial charge in [-0.2, -0.15) is 0 Å². The van der Waals surface area contributed by atoms with E-state index in [4.69, 9.17) is 14.2 Å². The van der Waals surface area contributed by atoms with E-state index in [-0.39, 0.29) is 19.2 Å². The summed E-state index contributed by atoms with van der Waals surface area (Å²) in [6.45, 7) is 1.16. The van der Waals surface area contributed by atoms with Crippen LogP contribution in [-0.2, 0) is 16.1 Å². The highest BCUT2D eigenvalue weighted by Gasteiger charge is 2.26. The molecule has 0 spiro atoms. The molecule has 1 aromatic heterocycles. The SMILES string of the molecule is COC(=O)c1sccc1NC(=O)CN(Cc1ccc2c(c1)OCO2)C1CCCC1. The smallest absolute Gasteiger partial charge is 0.350 e. The van der Waals surface area contributed by atoms with Gasteiger partial charge in [-0.3, -0.25) is 9.69 Å². The molecule has 7 nitrogen and oxygen atoms in total. The van der Waals surface area contributed by atoms with Crippen molar-refractivity contribution in [2.75, 3.05) is 25.8 Å². The minimum absolute atomic E-state index is 0.138. The van der Waals surface area contributed by atoms with E-state index >= 15 is 0 Å². The highest BCUT2D eigenvalue weighted by atomic mass is 32.1. The van der Waals surface area contributed by atoms with Gasteiger partial charge in [0.1, 0.15) is 4.88 Å². The van der Waals surface area contributed by atoms with Crippen molar-refractivity contribution in [3.05, 3.63) is 40.1 Å². The van der Waals surface area contributed by atoms with Crippen LogP contribution < -0.4 is 14.8 Å². The molecular weight excluding hydrogens is 392 g/mol. The Balaban J connectivity index is 1.45. The number of methoxy groups -OCH3 is 1. The zero-order chi connectivity index (χ0) is 20.2. The van der Waals surface area contributed by atoms with Crippen LogP contribution in [0.4, 0.5) is 5.69 Å². The number of carbonyl (C=O) groups excluding carboxylic acids is 2. The van der Waals surface area contributed by atoms with E-state index < -0.39 is 5.97 Å². The first-order chi connectivity index (χ1) is 14.1. The normalized spacial score (nSPS) is 15.7. The predicted molar refractivity (Wildman–Crippen MR) is 110 cm³/mol. The van der Waals surface area contributed by atoms with Gasteiger partial charge in [0.05, 0.1) is 19.3 Å². The maximum absolute atomic E-state index is 12.8. The van der Waals surface area contributed by atoms with Crippen LogP contribution in [0.25, 0.3) is 0 Å². The number of fused-ring (bicyclic) bond motifs is 1. The van der Waals surface area contributed by atoms with Gasteiger partial charge in [-0.25, -0.2) is 4.79 Å². The summed E-state index contributed by atoms with van der Waals surface area (Å²) < 4.78 is 15.6. The number of hydrogen-bond acceptors (Lipinski definition) is 7. The van der Waals surface area contributed by atoms with Crippen LogP contribution in [0.3, 0.4) is 0 Å². The van der Waals surface area contributed by atoms with E-state index in [1.54, 1.807) is 11.4 Å². The summed E-state index contributed by atoms with van der Waals surface area (Å²) in [6.07, 6.45) is 4.54. The number of amides is 1. The molecule has 1 N–H and O–H groups in total. The molecule has 0 atom stereocenters. The molecule has 0 radical (unpaired) electrons. The fraction of sp³-hybridized carbons (Fsp3) is 0.429. The largest absolute Gasteiger partial charge is 0.465 e. The quantitative estimate of drug-likeness (QED) is 0.695. The summed E-state index contributed by atoms with van der Waals surface area (Å²) in [5, 5.41) is 4.64. The highest BCUT2D eigenvalue weighted by Crippen LogP contribution is 2.33. The fourth-order valence-electron chi connectivity index (χ4n) is 3.89. The van der Waals surface area contributed by atoms with Crippen LogP contribution >= 0.6 is 11.3 Å². The molecule has 0 unspecified atom stereocenters. The lowest BCUT2D eigenvalue weighted by Crippen LogP contribution is -2.39. The first-order valence-corrected chi connectivity index (χ1v) is 10.6. The first-order valence-electron chi connectivity index (χ1n) is 9.72. The monoisotopic (exact) mass is 416 g/mol. The van der Waals surface area contributed by atoms with Gasteiger partial charge in [-0.15, -0.1) is 11.3 Å². The maximum atomic E-state index is 12.8. The van der Waals surface area contributed by atoms with Crippen LogP contribution in [0.1, 0.15) is 40.9 Å². The van der Waals surface area contributed by atoms with Crippen LogP contribution in [0, 0.1) is 0 Å². The fourth-order valence-corrected chi connectivity index (χ4v) is 4.66. The third-order valence-corrected chi connectivity index (χ3v) is 6.21. The van der Waals surface area contributed by atoms with E-state index in [2.05, 4.69) is 10.2 Å². The summed E-state index contributed by atoms with van der Waals surface area (Å²) in [4.78, 5) is 27.2. The second kappa shape index (κ2) is 8.84. The van der Waals surface area contributed by atoms with Crippen molar-refractivity contribution in [2.45, 2.75) is 38.3 Å². The van der Waals surface area contributed by atoms with E-state index in [0.29, 0.717) is 23.2 Å². The summed E-state index contributed by atoms with van der Waals surface area (Å²) in [7, 11) is 1.33. The number of rotatable bonds is 7. The number of thiophene rings is 1. The van der Waals surface area contributed by atoms with E-state index in [0.717, 1.165) is 29.9 Å². The zero-order valence-corrected chi connectivity index (χ0v) is 17.1. The minimum atomic E-state index is -0.441. The van der Waals surface area contributed by atoms with Crippen molar-refractivity contribution < 1.29 is 23.8 Å². The molecule has 1 amide bonds. The Labute approximate surface area is 173 Å². The predicted octanol–water partition coefficient (Wildman–Crippen LogP) is 3.65. The van der Waals surface area contributed by atoms with Crippen LogP contribution in [0.15, 0.2) is 29.6 Å². The topological polar surface area (TPSA) is 77.1 Å². The van der Waals surface area contributed by atoms with E-state index in [1.807, 2.05) is 18.2 Å². The van der Waals surface area contributed by atoms with Gasteiger partial charge in [0, 0.05) is 12.6 Å². The van der Waals surface area contributed by atoms with Gasteiger partial charge in [0.25, 0.3) is 0 Å².